The van der Waals surface area contributed by atoms with Gasteiger partial charge in [-0.25, -0.2) is 4.98 Å². The molecular weight excluding hydrogens is 260 g/mol. The van der Waals surface area contributed by atoms with E-state index in [1.54, 1.807) is 6.33 Å². The molecule has 0 radical (unpaired) electrons. The van der Waals surface area contributed by atoms with Crippen molar-refractivity contribution in [3.63, 3.8) is 0 Å². The molecule has 0 fully saturated rings. The monoisotopic (exact) mass is 286 g/mol. The van der Waals surface area contributed by atoms with Crippen LogP contribution < -0.4 is 5.32 Å². The summed E-state index contributed by atoms with van der Waals surface area (Å²) in [4.78, 5) is 4.37. The minimum atomic E-state index is 0.191. The molecule has 1 atom stereocenters. The van der Waals surface area contributed by atoms with Crippen molar-refractivity contribution in [1.29, 1.82) is 0 Å². The smallest absolute Gasteiger partial charge is 0.138 e. The summed E-state index contributed by atoms with van der Waals surface area (Å²) in [6, 6.07) is 9.14. The van der Waals surface area contributed by atoms with Gasteiger partial charge in [-0.2, -0.15) is 5.10 Å². The molecule has 1 aromatic carbocycles. The third-order valence-corrected chi connectivity index (χ3v) is 3.91. The standard InChI is InChI=1S/C17H26N4/c1-6-21-16(19-12-20-21)11-15(18-5)13-7-9-14(10-8-13)17(2,3)4/h7-10,12,15,18H,6,11H2,1-5H3. The van der Waals surface area contributed by atoms with Crippen molar-refractivity contribution >= 4 is 0 Å². The molecule has 0 aliphatic rings. The first-order valence-electron chi connectivity index (χ1n) is 7.60. The van der Waals surface area contributed by atoms with Crippen molar-refractivity contribution in [2.24, 2.45) is 0 Å². The fourth-order valence-electron chi connectivity index (χ4n) is 2.49. The van der Waals surface area contributed by atoms with Crippen LogP contribution in [0.25, 0.3) is 0 Å². The Morgan fingerprint density at radius 1 is 1.19 bits per heavy atom. The Kier molecular flexibility index (Phi) is 4.78. The Hall–Kier alpha value is -1.68. The summed E-state index contributed by atoms with van der Waals surface area (Å²) in [5, 5.41) is 7.62. The number of nitrogens with zero attached hydrogens (tertiary/aromatic N) is 3. The second-order valence-electron chi connectivity index (χ2n) is 6.41. The first-order valence-corrected chi connectivity index (χ1v) is 7.60. The van der Waals surface area contributed by atoms with Gasteiger partial charge < -0.3 is 5.32 Å². The molecule has 1 unspecified atom stereocenters. The van der Waals surface area contributed by atoms with Gasteiger partial charge >= 0.3 is 0 Å². The van der Waals surface area contributed by atoms with Crippen LogP contribution in [-0.4, -0.2) is 21.8 Å². The topological polar surface area (TPSA) is 42.7 Å². The summed E-state index contributed by atoms with van der Waals surface area (Å²) in [6.45, 7) is 9.66. The molecule has 0 aliphatic carbocycles. The number of hydrogen-bond donors (Lipinski definition) is 1. The highest BCUT2D eigenvalue weighted by molar-refractivity contribution is 5.29. The van der Waals surface area contributed by atoms with E-state index in [0.717, 1.165) is 18.8 Å². The summed E-state index contributed by atoms with van der Waals surface area (Å²) in [6.07, 6.45) is 2.48. The van der Waals surface area contributed by atoms with Crippen molar-refractivity contribution in [2.75, 3.05) is 7.05 Å². The first kappa shape index (κ1) is 15.7. The Labute approximate surface area is 127 Å². The number of hydrogen-bond acceptors (Lipinski definition) is 3. The van der Waals surface area contributed by atoms with E-state index in [4.69, 9.17) is 0 Å². The maximum absolute atomic E-state index is 4.37. The molecule has 1 N–H and O–H groups in total. The van der Waals surface area contributed by atoms with Crippen LogP contribution in [0.5, 0.6) is 0 Å². The lowest BCUT2D eigenvalue weighted by Crippen LogP contribution is -2.21. The van der Waals surface area contributed by atoms with Gasteiger partial charge in [0.2, 0.25) is 0 Å². The van der Waals surface area contributed by atoms with Crippen LogP contribution in [0, 0.1) is 0 Å². The number of aromatic nitrogens is 3. The van der Waals surface area contributed by atoms with E-state index < -0.39 is 0 Å². The molecule has 0 saturated heterocycles. The number of rotatable bonds is 5. The summed E-state index contributed by atoms with van der Waals surface area (Å²) in [7, 11) is 2.00. The largest absolute Gasteiger partial charge is 0.313 e. The maximum atomic E-state index is 4.37. The second-order valence-corrected chi connectivity index (χ2v) is 6.41. The highest BCUT2D eigenvalue weighted by Crippen LogP contribution is 2.24. The van der Waals surface area contributed by atoms with Gasteiger partial charge in [0.25, 0.3) is 0 Å². The summed E-state index contributed by atoms with van der Waals surface area (Å²) >= 11 is 0. The van der Waals surface area contributed by atoms with Crippen molar-refractivity contribution in [1.82, 2.24) is 20.1 Å². The Morgan fingerprint density at radius 3 is 2.38 bits per heavy atom. The maximum Gasteiger partial charge on any atom is 0.138 e. The van der Waals surface area contributed by atoms with E-state index in [9.17, 15) is 0 Å². The molecule has 2 aromatic rings. The Morgan fingerprint density at radius 2 is 1.86 bits per heavy atom. The number of likely N-dealkylation sites (N-methyl/N-ethyl adjacent to an activating group) is 1. The summed E-state index contributed by atoms with van der Waals surface area (Å²) in [5.74, 6) is 1.02. The average Bonchev–Trinajstić information content (AvgIpc) is 2.91. The number of benzene rings is 1. The van der Waals surface area contributed by atoms with Crippen LogP contribution in [0.2, 0.25) is 0 Å². The van der Waals surface area contributed by atoms with E-state index in [1.165, 1.54) is 11.1 Å². The third-order valence-electron chi connectivity index (χ3n) is 3.91. The van der Waals surface area contributed by atoms with E-state index in [1.807, 2.05) is 11.7 Å². The van der Waals surface area contributed by atoms with Crippen LogP contribution in [0.15, 0.2) is 30.6 Å². The molecule has 114 valence electrons. The highest BCUT2D eigenvalue weighted by atomic mass is 15.3. The molecule has 0 saturated carbocycles. The lowest BCUT2D eigenvalue weighted by atomic mass is 9.86. The van der Waals surface area contributed by atoms with Crippen LogP contribution in [0.4, 0.5) is 0 Å². The van der Waals surface area contributed by atoms with Gasteiger partial charge in [-0.15, -0.1) is 0 Å². The Balaban J connectivity index is 2.18. The average molecular weight is 286 g/mol. The minimum absolute atomic E-state index is 0.191. The molecule has 2 rings (SSSR count). The Bertz CT molecular complexity index is 563. The van der Waals surface area contributed by atoms with Gasteiger partial charge in [0.1, 0.15) is 12.2 Å². The van der Waals surface area contributed by atoms with Crippen molar-refractivity contribution < 1.29 is 0 Å². The predicted octanol–water partition coefficient (Wildman–Crippen LogP) is 3.10. The fourth-order valence-corrected chi connectivity index (χ4v) is 2.49. The first-order chi connectivity index (χ1) is 9.95. The molecule has 1 heterocycles. The molecule has 21 heavy (non-hydrogen) atoms. The van der Waals surface area contributed by atoms with Gasteiger partial charge in [0.15, 0.2) is 0 Å². The normalized spacial score (nSPS) is 13.4. The lowest BCUT2D eigenvalue weighted by Gasteiger charge is -2.21. The van der Waals surface area contributed by atoms with Crippen molar-refractivity contribution in [2.45, 2.75) is 52.1 Å². The predicted molar refractivity (Wildman–Crippen MR) is 86.3 cm³/mol. The van der Waals surface area contributed by atoms with Crippen LogP contribution in [0.1, 0.15) is 50.7 Å². The van der Waals surface area contributed by atoms with Gasteiger partial charge in [0, 0.05) is 19.0 Å². The molecule has 4 heteroatoms. The fraction of sp³-hybridized carbons (Fsp3) is 0.529. The number of aryl methyl sites for hydroxylation is 1. The lowest BCUT2D eigenvalue weighted by molar-refractivity contribution is 0.532. The number of nitrogens with one attached hydrogen (secondary N) is 1. The van der Waals surface area contributed by atoms with Crippen molar-refractivity contribution in [3.05, 3.63) is 47.5 Å². The minimum Gasteiger partial charge on any atom is -0.313 e. The van der Waals surface area contributed by atoms with E-state index in [-0.39, 0.29) is 11.5 Å². The SMILES string of the molecule is CCn1ncnc1CC(NC)c1ccc(C(C)(C)C)cc1. The third kappa shape index (κ3) is 3.70. The van der Waals surface area contributed by atoms with Gasteiger partial charge in [0.05, 0.1) is 0 Å². The van der Waals surface area contributed by atoms with Gasteiger partial charge in [-0.05, 0) is 30.5 Å². The molecule has 4 nitrogen and oxygen atoms in total. The van der Waals surface area contributed by atoms with Crippen LogP contribution >= 0.6 is 0 Å². The zero-order valence-corrected chi connectivity index (χ0v) is 13.7. The van der Waals surface area contributed by atoms with E-state index >= 15 is 0 Å². The second kappa shape index (κ2) is 6.39. The molecule has 0 aliphatic heterocycles. The van der Waals surface area contributed by atoms with Crippen LogP contribution in [0.3, 0.4) is 0 Å². The molecule has 0 bridgehead atoms. The van der Waals surface area contributed by atoms with E-state index in [0.29, 0.717) is 0 Å². The molecular formula is C17H26N4. The van der Waals surface area contributed by atoms with E-state index in [2.05, 4.69) is 67.4 Å². The zero-order valence-electron chi connectivity index (χ0n) is 13.7. The van der Waals surface area contributed by atoms with Gasteiger partial charge in [-0.3, -0.25) is 4.68 Å². The summed E-state index contributed by atoms with van der Waals surface area (Å²) in [5.41, 5.74) is 2.84. The quantitative estimate of drug-likeness (QED) is 0.918. The van der Waals surface area contributed by atoms with Crippen LogP contribution in [-0.2, 0) is 18.4 Å². The summed E-state index contributed by atoms with van der Waals surface area (Å²) < 4.78 is 1.95. The molecule has 0 amide bonds. The molecule has 1 aromatic heterocycles. The van der Waals surface area contributed by atoms with Gasteiger partial charge in [-0.1, -0.05) is 45.0 Å². The molecule has 0 spiro atoms. The highest BCUT2D eigenvalue weighted by Gasteiger charge is 2.16. The van der Waals surface area contributed by atoms with Crippen molar-refractivity contribution in [3.8, 4) is 0 Å². The zero-order chi connectivity index (χ0) is 15.5.